The minimum atomic E-state index is 0.446. The summed E-state index contributed by atoms with van der Waals surface area (Å²) in [5.74, 6) is 0. The Kier molecular flexibility index (Phi) is 4.23. The Morgan fingerprint density at radius 2 is 1.78 bits per heavy atom. The molecule has 0 amide bonds. The topological polar surface area (TPSA) is 12.0 Å². The van der Waals surface area contributed by atoms with Gasteiger partial charge in [-0.15, -0.1) is 0 Å². The predicted molar refractivity (Wildman–Crippen MR) is 79.0 cm³/mol. The summed E-state index contributed by atoms with van der Waals surface area (Å²) in [4.78, 5) is 0. The van der Waals surface area contributed by atoms with Crippen LogP contribution in [-0.4, -0.2) is 6.04 Å². The Balaban J connectivity index is 2.13. The summed E-state index contributed by atoms with van der Waals surface area (Å²) in [5.41, 5.74) is 5.68. The van der Waals surface area contributed by atoms with Crippen molar-refractivity contribution in [1.82, 2.24) is 5.32 Å². The number of nitrogens with one attached hydrogen (secondary N) is 1. The molecule has 1 aromatic rings. The van der Waals surface area contributed by atoms with Crippen LogP contribution in [0.4, 0.5) is 0 Å². The third-order valence-electron chi connectivity index (χ3n) is 3.93. The monoisotopic (exact) mass is 243 g/mol. The maximum atomic E-state index is 3.78. The van der Waals surface area contributed by atoms with Gasteiger partial charge in [0.05, 0.1) is 0 Å². The van der Waals surface area contributed by atoms with Crippen LogP contribution >= 0.6 is 0 Å². The molecule has 0 aromatic heterocycles. The Morgan fingerprint density at radius 1 is 1.11 bits per heavy atom. The number of allylic oxidation sites excluding steroid dienone is 1. The molecule has 2 atom stereocenters. The van der Waals surface area contributed by atoms with E-state index in [2.05, 4.69) is 57.3 Å². The van der Waals surface area contributed by atoms with Crippen LogP contribution in [0.5, 0.6) is 0 Å². The average Bonchev–Trinajstić information content (AvgIpc) is 2.28. The molecule has 1 nitrogen and oxygen atoms in total. The molecule has 1 aromatic carbocycles. The van der Waals surface area contributed by atoms with Crippen molar-refractivity contribution in [3.05, 3.63) is 46.5 Å². The van der Waals surface area contributed by atoms with Gasteiger partial charge in [0.15, 0.2) is 0 Å². The number of benzene rings is 1. The molecule has 98 valence electrons. The minimum Gasteiger partial charge on any atom is -0.307 e. The first-order chi connectivity index (χ1) is 8.58. The van der Waals surface area contributed by atoms with Crippen LogP contribution in [0.3, 0.4) is 0 Å². The van der Waals surface area contributed by atoms with Gasteiger partial charge in [0.2, 0.25) is 0 Å². The zero-order valence-corrected chi connectivity index (χ0v) is 12.1. The van der Waals surface area contributed by atoms with Crippen LogP contribution in [0.25, 0.3) is 0 Å². The van der Waals surface area contributed by atoms with Crippen LogP contribution < -0.4 is 5.32 Å². The molecular weight excluding hydrogens is 218 g/mol. The minimum absolute atomic E-state index is 0.446. The van der Waals surface area contributed by atoms with Crippen LogP contribution in [-0.2, 0) is 0 Å². The summed E-state index contributed by atoms with van der Waals surface area (Å²) in [6, 6.07) is 5.68. The number of hydrogen-bond acceptors (Lipinski definition) is 1. The van der Waals surface area contributed by atoms with Gasteiger partial charge in [-0.2, -0.15) is 0 Å². The van der Waals surface area contributed by atoms with Gasteiger partial charge in [0, 0.05) is 12.1 Å². The summed E-state index contributed by atoms with van der Waals surface area (Å²) in [6.45, 7) is 8.93. The van der Waals surface area contributed by atoms with E-state index in [1.165, 1.54) is 41.5 Å². The van der Waals surface area contributed by atoms with E-state index in [-0.39, 0.29) is 0 Å². The maximum Gasteiger partial charge on any atom is 0.0299 e. The van der Waals surface area contributed by atoms with Gasteiger partial charge in [-0.1, -0.05) is 29.8 Å². The van der Waals surface area contributed by atoms with Gasteiger partial charge in [-0.25, -0.2) is 0 Å². The second-order valence-corrected chi connectivity index (χ2v) is 5.68. The van der Waals surface area contributed by atoms with Crippen molar-refractivity contribution in [3.63, 3.8) is 0 Å². The molecule has 0 spiro atoms. The summed E-state index contributed by atoms with van der Waals surface area (Å²) < 4.78 is 0. The molecule has 1 aliphatic rings. The average molecular weight is 243 g/mol. The summed E-state index contributed by atoms with van der Waals surface area (Å²) in [5, 5.41) is 3.78. The van der Waals surface area contributed by atoms with E-state index in [0.717, 1.165) is 0 Å². The predicted octanol–water partition coefficient (Wildman–Crippen LogP) is 4.37. The fraction of sp³-hybridized carbons (Fsp3) is 0.529. The van der Waals surface area contributed by atoms with Gasteiger partial charge >= 0.3 is 0 Å². The van der Waals surface area contributed by atoms with Gasteiger partial charge in [-0.3, -0.25) is 0 Å². The second-order valence-electron chi connectivity index (χ2n) is 5.68. The SMILES string of the molecule is Cc1cc(C)c(C(C)NC2CC=CCC2)c(C)c1. The standard InChI is InChI=1S/C17H25N/c1-12-10-13(2)17(14(3)11-12)15(4)18-16-8-6-5-7-9-16/h5-6,10-11,15-16,18H,7-9H2,1-4H3. The number of rotatable bonds is 3. The molecule has 0 aliphatic heterocycles. The molecule has 0 heterocycles. The van der Waals surface area contributed by atoms with Crippen molar-refractivity contribution in [3.8, 4) is 0 Å². The lowest BCUT2D eigenvalue weighted by Gasteiger charge is -2.26. The molecule has 2 unspecified atom stereocenters. The molecule has 0 radical (unpaired) electrons. The van der Waals surface area contributed by atoms with Crippen molar-refractivity contribution < 1.29 is 0 Å². The first kappa shape index (κ1) is 13.4. The van der Waals surface area contributed by atoms with Gasteiger partial charge in [-0.05, 0) is 63.6 Å². The van der Waals surface area contributed by atoms with Gasteiger partial charge < -0.3 is 5.32 Å². The fourth-order valence-corrected chi connectivity index (χ4v) is 3.26. The van der Waals surface area contributed by atoms with Crippen molar-refractivity contribution >= 4 is 0 Å². The van der Waals surface area contributed by atoms with Crippen molar-refractivity contribution in [2.24, 2.45) is 0 Å². The third kappa shape index (κ3) is 3.02. The Morgan fingerprint density at radius 3 is 2.33 bits per heavy atom. The molecule has 0 fully saturated rings. The van der Waals surface area contributed by atoms with E-state index < -0.39 is 0 Å². The van der Waals surface area contributed by atoms with E-state index >= 15 is 0 Å². The van der Waals surface area contributed by atoms with Crippen LogP contribution in [0.2, 0.25) is 0 Å². The molecule has 0 saturated heterocycles. The molecular formula is C17H25N. The highest BCUT2D eigenvalue weighted by Crippen LogP contribution is 2.25. The quantitative estimate of drug-likeness (QED) is 0.777. The number of hydrogen-bond donors (Lipinski definition) is 1. The summed E-state index contributed by atoms with van der Waals surface area (Å²) >= 11 is 0. The highest BCUT2D eigenvalue weighted by Gasteiger charge is 2.16. The third-order valence-corrected chi connectivity index (χ3v) is 3.93. The van der Waals surface area contributed by atoms with E-state index in [1.807, 2.05) is 0 Å². The van der Waals surface area contributed by atoms with Crippen LogP contribution in [0.15, 0.2) is 24.3 Å². The first-order valence-electron chi connectivity index (χ1n) is 7.06. The van der Waals surface area contributed by atoms with Crippen LogP contribution in [0, 0.1) is 20.8 Å². The molecule has 2 rings (SSSR count). The van der Waals surface area contributed by atoms with Crippen LogP contribution in [0.1, 0.15) is 54.5 Å². The van der Waals surface area contributed by atoms with E-state index in [9.17, 15) is 0 Å². The molecule has 1 N–H and O–H groups in total. The summed E-state index contributed by atoms with van der Waals surface area (Å²) in [6.07, 6.45) is 8.27. The maximum absolute atomic E-state index is 3.78. The highest BCUT2D eigenvalue weighted by atomic mass is 14.9. The molecule has 0 bridgehead atoms. The summed E-state index contributed by atoms with van der Waals surface area (Å²) in [7, 11) is 0. The van der Waals surface area contributed by atoms with E-state index in [4.69, 9.17) is 0 Å². The first-order valence-corrected chi connectivity index (χ1v) is 7.06. The van der Waals surface area contributed by atoms with Gasteiger partial charge in [0.1, 0.15) is 0 Å². The van der Waals surface area contributed by atoms with E-state index in [1.54, 1.807) is 0 Å². The Bertz CT molecular complexity index is 422. The lowest BCUT2D eigenvalue weighted by atomic mass is 9.93. The van der Waals surface area contributed by atoms with E-state index in [0.29, 0.717) is 12.1 Å². The van der Waals surface area contributed by atoms with Gasteiger partial charge in [0.25, 0.3) is 0 Å². The molecule has 0 saturated carbocycles. The van der Waals surface area contributed by atoms with Crippen molar-refractivity contribution in [1.29, 1.82) is 0 Å². The lowest BCUT2D eigenvalue weighted by Crippen LogP contribution is -2.32. The zero-order valence-electron chi connectivity index (χ0n) is 12.1. The fourth-order valence-electron chi connectivity index (χ4n) is 3.26. The molecule has 1 aliphatic carbocycles. The largest absolute Gasteiger partial charge is 0.307 e. The second kappa shape index (κ2) is 5.71. The normalized spacial score (nSPS) is 21.0. The molecule has 18 heavy (non-hydrogen) atoms. The Hall–Kier alpha value is -1.08. The highest BCUT2D eigenvalue weighted by molar-refractivity contribution is 5.39. The lowest BCUT2D eigenvalue weighted by molar-refractivity contribution is 0.424. The zero-order chi connectivity index (χ0) is 13.1. The van der Waals surface area contributed by atoms with Crippen molar-refractivity contribution in [2.45, 2.75) is 59.0 Å². The molecule has 1 heteroatoms. The number of aryl methyl sites for hydroxylation is 3. The Labute approximate surface area is 111 Å². The van der Waals surface area contributed by atoms with Crippen molar-refractivity contribution in [2.75, 3.05) is 0 Å². The smallest absolute Gasteiger partial charge is 0.0299 e.